The number of amides is 1. The summed E-state index contributed by atoms with van der Waals surface area (Å²) in [5.41, 5.74) is 0.632. The highest BCUT2D eigenvalue weighted by Gasteiger charge is 2.19. The predicted molar refractivity (Wildman–Crippen MR) is 78.0 cm³/mol. The van der Waals surface area contributed by atoms with E-state index in [0.717, 1.165) is 24.1 Å². The molecule has 0 fully saturated rings. The van der Waals surface area contributed by atoms with Crippen molar-refractivity contribution in [3.63, 3.8) is 0 Å². The highest BCUT2D eigenvalue weighted by molar-refractivity contribution is 5.94. The molecule has 0 spiro atoms. The Balaban J connectivity index is 1.95. The first-order chi connectivity index (χ1) is 10.5. The Morgan fingerprint density at radius 1 is 1.05 bits per heavy atom. The van der Waals surface area contributed by atoms with E-state index in [9.17, 15) is 18.0 Å². The summed E-state index contributed by atoms with van der Waals surface area (Å²) in [6.07, 6.45) is 1.41. The van der Waals surface area contributed by atoms with Gasteiger partial charge in [0, 0.05) is 6.04 Å². The van der Waals surface area contributed by atoms with Crippen LogP contribution in [-0.4, -0.2) is 11.9 Å². The number of halogens is 3. The van der Waals surface area contributed by atoms with Gasteiger partial charge in [0.2, 0.25) is 0 Å². The van der Waals surface area contributed by atoms with Gasteiger partial charge in [-0.1, -0.05) is 30.3 Å². The van der Waals surface area contributed by atoms with Gasteiger partial charge >= 0.3 is 0 Å². The first-order valence-electron chi connectivity index (χ1n) is 6.97. The maximum atomic E-state index is 13.5. The summed E-state index contributed by atoms with van der Waals surface area (Å²) >= 11 is 0. The minimum atomic E-state index is -1.63. The minimum absolute atomic E-state index is 0.222. The average molecular weight is 307 g/mol. The van der Waals surface area contributed by atoms with E-state index < -0.39 is 28.9 Å². The molecule has 2 aromatic carbocycles. The lowest BCUT2D eigenvalue weighted by atomic mass is 10.1. The molecule has 0 aliphatic carbocycles. The van der Waals surface area contributed by atoms with Crippen LogP contribution in [0.3, 0.4) is 0 Å². The summed E-state index contributed by atoms with van der Waals surface area (Å²) in [5, 5.41) is 2.59. The normalized spacial score (nSPS) is 12.0. The van der Waals surface area contributed by atoms with Crippen LogP contribution < -0.4 is 5.32 Å². The van der Waals surface area contributed by atoms with Gasteiger partial charge in [-0.3, -0.25) is 4.79 Å². The Bertz CT molecular complexity index is 658. The molecular weight excluding hydrogens is 291 g/mol. The van der Waals surface area contributed by atoms with Crippen LogP contribution in [0.1, 0.15) is 29.3 Å². The molecule has 0 aromatic heterocycles. The van der Waals surface area contributed by atoms with E-state index in [0.29, 0.717) is 6.42 Å². The molecule has 0 unspecified atom stereocenters. The van der Waals surface area contributed by atoms with Crippen molar-refractivity contribution in [2.45, 2.75) is 25.8 Å². The molecule has 0 radical (unpaired) electrons. The van der Waals surface area contributed by atoms with E-state index in [1.54, 1.807) is 6.92 Å². The number of hydrogen-bond acceptors (Lipinski definition) is 1. The van der Waals surface area contributed by atoms with Gasteiger partial charge in [0.25, 0.3) is 5.91 Å². The summed E-state index contributed by atoms with van der Waals surface area (Å²) in [4.78, 5) is 11.9. The Hall–Kier alpha value is -2.30. The van der Waals surface area contributed by atoms with Gasteiger partial charge in [-0.25, -0.2) is 13.2 Å². The van der Waals surface area contributed by atoms with Crippen LogP contribution in [0.2, 0.25) is 0 Å². The third-order valence-corrected chi connectivity index (χ3v) is 3.37. The number of carbonyl (C=O) groups excluding carboxylic acids is 1. The largest absolute Gasteiger partial charge is 0.349 e. The Morgan fingerprint density at radius 3 is 2.41 bits per heavy atom. The minimum Gasteiger partial charge on any atom is -0.349 e. The van der Waals surface area contributed by atoms with Crippen molar-refractivity contribution in [3.8, 4) is 0 Å². The maximum absolute atomic E-state index is 13.5. The summed E-state index contributed by atoms with van der Waals surface area (Å²) in [5.74, 6) is -5.17. The fraction of sp³-hybridized carbons (Fsp3) is 0.235. The number of carbonyl (C=O) groups is 1. The van der Waals surface area contributed by atoms with Crippen LogP contribution in [0, 0.1) is 17.5 Å². The van der Waals surface area contributed by atoms with Gasteiger partial charge < -0.3 is 5.32 Å². The lowest BCUT2D eigenvalue weighted by Gasteiger charge is -2.14. The Morgan fingerprint density at radius 2 is 1.73 bits per heavy atom. The van der Waals surface area contributed by atoms with Crippen molar-refractivity contribution in [2.75, 3.05) is 0 Å². The smallest absolute Gasteiger partial charge is 0.254 e. The van der Waals surface area contributed by atoms with E-state index in [1.807, 2.05) is 30.3 Å². The first kappa shape index (κ1) is 16.1. The highest BCUT2D eigenvalue weighted by Crippen LogP contribution is 2.15. The lowest BCUT2D eigenvalue weighted by molar-refractivity contribution is 0.0933. The molecule has 2 nitrogen and oxygen atoms in total. The summed E-state index contributed by atoms with van der Waals surface area (Å²) in [6, 6.07) is 11.2. The molecule has 0 aliphatic heterocycles. The topological polar surface area (TPSA) is 29.1 Å². The summed E-state index contributed by atoms with van der Waals surface area (Å²) in [7, 11) is 0. The van der Waals surface area contributed by atoms with Gasteiger partial charge in [0.1, 0.15) is 0 Å². The predicted octanol–water partition coefficient (Wildman–Crippen LogP) is 3.86. The molecule has 2 rings (SSSR count). The molecule has 1 atom stereocenters. The van der Waals surface area contributed by atoms with Crippen LogP contribution >= 0.6 is 0 Å². The van der Waals surface area contributed by atoms with Crippen LogP contribution in [-0.2, 0) is 6.42 Å². The van der Waals surface area contributed by atoms with Gasteiger partial charge in [0.05, 0.1) is 5.56 Å². The monoisotopic (exact) mass is 307 g/mol. The zero-order valence-corrected chi connectivity index (χ0v) is 12.1. The quantitative estimate of drug-likeness (QED) is 0.835. The zero-order valence-electron chi connectivity index (χ0n) is 12.1. The average Bonchev–Trinajstić information content (AvgIpc) is 2.51. The van der Waals surface area contributed by atoms with E-state index >= 15 is 0 Å². The number of benzene rings is 2. The van der Waals surface area contributed by atoms with Gasteiger partial charge in [-0.15, -0.1) is 0 Å². The van der Waals surface area contributed by atoms with Gasteiger partial charge in [0.15, 0.2) is 17.5 Å². The molecule has 0 aliphatic rings. The van der Waals surface area contributed by atoms with E-state index in [1.165, 1.54) is 0 Å². The molecule has 116 valence electrons. The molecule has 0 heterocycles. The molecule has 0 saturated heterocycles. The SMILES string of the molecule is C[C@@H](CCc1ccccc1)NC(=O)c1ccc(F)c(F)c1F. The lowest BCUT2D eigenvalue weighted by Crippen LogP contribution is -2.33. The second-order valence-electron chi connectivity index (χ2n) is 5.12. The Labute approximate surface area is 127 Å². The van der Waals surface area contributed by atoms with Gasteiger partial charge in [-0.05, 0) is 37.5 Å². The molecule has 0 saturated carbocycles. The third kappa shape index (κ3) is 3.87. The number of aryl methyl sites for hydroxylation is 1. The molecule has 5 heteroatoms. The van der Waals surface area contributed by atoms with Crippen molar-refractivity contribution in [1.29, 1.82) is 0 Å². The molecule has 2 aromatic rings. The van der Waals surface area contributed by atoms with Crippen LogP contribution in [0.5, 0.6) is 0 Å². The summed E-state index contributed by atoms with van der Waals surface area (Å²) < 4.78 is 39.5. The van der Waals surface area contributed by atoms with Crippen molar-refractivity contribution in [1.82, 2.24) is 5.32 Å². The third-order valence-electron chi connectivity index (χ3n) is 3.37. The zero-order chi connectivity index (χ0) is 16.1. The molecule has 1 amide bonds. The van der Waals surface area contributed by atoms with Crippen LogP contribution in [0.4, 0.5) is 13.2 Å². The standard InChI is InChI=1S/C17H16F3NO/c1-11(7-8-12-5-3-2-4-6-12)21-17(22)13-9-10-14(18)16(20)15(13)19/h2-6,9-11H,7-8H2,1H3,(H,21,22)/t11-/m0/s1. The highest BCUT2D eigenvalue weighted by atomic mass is 19.2. The molecule has 0 bridgehead atoms. The van der Waals surface area contributed by atoms with Crippen LogP contribution in [0.15, 0.2) is 42.5 Å². The second kappa shape index (κ2) is 7.11. The molecule has 1 N–H and O–H groups in total. The maximum Gasteiger partial charge on any atom is 0.254 e. The van der Waals surface area contributed by atoms with Crippen molar-refractivity contribution < 1.29 is 18.0 Å². The van der Waals surface area contributed by atoms with Crippen molar-refractivity contribution >= 4 is 5.91 Å². The number of nitrogens with one attached hydrogen (secondary N) is 1. The van der Waals surface area contributed by atoms with Gasteiger partial charge in [-0.2, -0.15) is 0 Å². The second-order valence-corrected chi connectivity index (χ2v) is 5.12. The fourth-order valence-corrected chi connectivity index (χ4v) is 2.10. The number of hydrogen-bond donors (Lipinski definition) is 1. The van der Waals surface area contributed by atoms with Crippen LogP contribution in [0.25, 0.3) is 0 Å². The first-order valence-corrected chi connectivity index (χ1v) is 6.97. The molecular formula is C17H16F3NO. The van der Waals surface area contributed by atoms with Crippen molar-refractivity contribution in [2.24, 2.45) is 0 Å². The Kier molecular flexibility index (Phi) is 5.20. The van der Waals surface area contributed by atoms with Crippen molar-refractivity contribution in [3.05, 3.63) is 71.0 Å². The van der Waals surface area contributed by atoms with E-state index in [-0.39, 0.29) is 6.04 Å². The fourth-order valence-electron chi connectivity index (χ4n) is 2.10. The molecule has 22 heavy (non-hydrogen) atoms. The summed E-state index contributed by atoms with van der Waals surface area (Å²) in [6.45, 7) is 1.78. The van der Waals surface area contributed by atoms with E-state index in [2.05, 4.69) is 5.32 Å². The van der Waals surface area contributed by atoms with E-state index in [4.69, 9.17) is 0 Å². The number of rotatable bonds is 5.